The summed E-state index contributed by atoms with van der Waals surface area (Å²) < 4.78 is 23.8. The molecule has 0 atom stereocenters. The van der Waals surface area contributed by atoms with Crippen LogP contribution in [-0.2, 0) is 28.5 Å². The zero-order chi connectivity index (χ0) is 28.6. The van der Waals surface area contributed by atoms with Crippen LogP contribution in [0.25, 0.3) is 0 Å². The first-order valence-electron chi connectivity index (χ1n) is 17.5. The predicted molar refractivity (Wildman–Crippen MR) is 157 cm³/mol. The van der Waals surface area contributed by atoms with Crippen molar-refractivity contribution in [2.24, 2.45) is 46.3 Å². The Morgan fingerprint density at radius 3 is 1.12 bits per heavy atom. The van der Waals surface area contributed by atoms with Gasteiger partial charge in [-0.1, -0.05) is 0 Å². The number of carbonyl (C=O) groups is 2. The maximum absolute atomic E-state index is 15.4. The van der Waals surface area contributed by atoms with E-state index in [-0.39, 0.29) is 27.1 Å². The van der Waals surface area contributed by atoms with Crippen molar-refractivity contribution in [1.29, 1.82) is 0 Å². The molecule has 0 spiro atoms. The maximum atomic E-state index is 15.4. The van der Waals surface area contributed by atoms with Crippen LogP contribution < -0.4 is 5.32 Å². The summed E-state index contributed by atoms with van der Waals surface area (Å²) in [6.07, 6.45) is 13.7. The van der Waals surface area contributed by atoms with Crippen molar-refractivity contribution in [2.75, 3.05) is 79.0 Å². The summed E-state index contributed by atoms with van der Waals surface area (Å²) >= 11 is 0. The molecule has 9 aliphatic rings. The van der Waals surface area contributed by atoms with E-state index in [2.05, 4.69) is 5.32 Å². The Balaban J connectivity index is 1.18. The molecule has 8 aliphatic carbocycles. The van der Waals surface area contributed by atoms with Crippen molar-refractivity contribution in [1.82, 2.24) is 5.32 Å². The molecule has 8 nitrogen and oxygen atoms in total. The minimum absolute atomic E-state index is 0.0516. The van der Waals surface area contributed by atoms with Gasteiger partial charge in [-0.2, -0.15) is 4.48 Å². The van der Waals surface area contributed by atoms with Crippen LogP contribution in [0, 0.1) is 46.3 Å². The van der Waals surface area contributed by atoms with Crippen LogP contribution in [0.5, 0.6) is 0 Å². The highest BCUT2D eigenvalue weighted by atomic mass is 16.5. The van der Waals surface area contributed by atoms with Gasteiger partial charge in [0.05, 0.1) is 63.7 Å². The third-order valence-corrected chi connectivity index (χ3v) is 12.6. The molecule has 0 aromatic heterocycles. The van der Waals surface area contributed by atoms with Crippen LogP contribution in [0.2, 0.25) is 0 Å². The van der Waals surface area contributed by atoms with Gasteiger partial charge in [-0.05, 0) is 113 Å². The summed E-state index contributed by atoms with van der Waals surface area (Å²) in [7, 11) is 0. The van der Waals surface area contributed by atoms with Crippen LogP contribution in [0.15, 0.2) is 0 Å². The van der Waals surface area contributed by atoms with Gasteiger partial charge >= 0.3 is 11.8 Å². The number of hydrogen-bond donors (Lipinski definition) is 1. The Labute approximate surface area is 252 Å². The Bertz CT molecular complexity index is 837. The Morgan fingerprint density at radius 1 is 0.476 bits per heavy atom. The second-order valence-corrected chi connectivity index (χ2v) is 15.6. The number of ether oxygens (including phenoxy) is 4. The molecule has 1 saturated heterocycles. The van der Waals surface area contributed by atoms with Crippen LogP contribution >= 0.6 is 0 Å². The van der Waals surface area contributed by atoms with E-state index in [1.165, 1.54) is 38.5 Å². The van der Waals surface area contributed by atoms with Gasteiger partial charge in [-0.25, -0.2) is 9.59 Å². The van der Waals surface area contributed by atoms with Gasteiger partial charge in [0.2, 0.25) is 0 Å². The summed E-state index contributed by atoms with van der Waals surface area (Å²) in [5, 5.41) is 3.32. The molecule has 0 aromatic rings. The predicted octanol–water partition coefficient (Wildman–Crippen LogP) is 3.96. The Morgan fingerprint density at radius 2 is 0.786 bits per heavy atom. The van der Waals surface area contributed by atoms with Gasteiger partial charge in [-0.15, -0.1) is 0 Å². The van der Waals surface area contributed by atoms with E-state index in [1.807, 2.05) is 0 Å². The van der Waals surface area contributed by atoms with E-state index in [0.29, 0.717) is 101 Å². The van der Waals surface area contributed by atoms with Crippen molar-refractivity contribution in [3.63, 3.8) is 0 Å². The van der Waals surface area contributed by atoms with Gasteiger partial charge < -0.3 is 24.3 Å². The minimum Gasteiger partial charge on any atom is -0.378 e. The molecule has 1 aliphatic heterocycles. The number of nitrogens with zero attached hydrogens (tertiary/aromatic N) is 1. The molecule has 236 valence electrons. The molecule has 8 saturated carbocycles. The topological polar surface area (TPSA) is 83.1 Å². The highest BCUT2D eigenvalue weighted by molar-refractivity contribution is 5.91. The molecule has 8 heteroatoms. The number of quaternary nitrogens is 1. The molecule has 2 amide bonds. The van der Waals surface area contributed by atoms with Crippen molar-refractivity contribution < 1.29 is 33.0 Å². The first-order valence-corrected chi connectivity index (χ1v) is 17.5. The number of nitrogens with one attached hydrogen (secondary N) is 1. The summed E-state index contributed by atoms with van der Waals surface area (Å²) in [6, 6.07) is 0. The molecule has 9 rings (SSSR count). The van der Waals surface area contributed by atoms with E-state index in [0.717, 1.165) is 51.6 Å². The lowest BCUT2D eigenvalue weighted by Gasteiger charge is -2.59. The molecular weight excluding hydrogens is 532 g/mol. The SMILES string of the molecule is O=C(C12CC3CC(CC(C3)C1)C2)[N+]1(C(=O)C23CC4CC(CC(C4)C2)C3)CCOCCOCCNCCOCCOCC1. The molecule has 1 heterocycles. The molecule has 0 aromatic carbocycles. The second kappa shape index (κ2) is 12.5. The fourth-order valence-corrected chi connectivity index (χ4v) is 11.8. The van der Waals surface area contributed by atoms with Gasteiger partial charge in [0, 0.05) is 13.1 Å². The number of imide groups is 1. The fourth-order valence-electron chi connectivity index (χ4n) is 11.8. The molecule has 0 unspecified atom stereocenters. The molecular formula is C34H55N2O6+. The lowest BCUT2D eigenvalue weighted by molar-refractivity contribution is -0.789. The number of carbonyl (C=O) groups excluding carboxylic acids is 2. The second-order valence-electron chi connectivity index (χ2n) is 15.6. The quantitative estimate of drug-likeness (QED) is 0.387. The molecule has 0 radical (unpaired) electrons. The fraction of sp³-hybridized carbons (Fsp3) is 0.941. The highest BCUT2D eigenvalue weighted by Crippen LogP contribution is 2.64. The molecule has 42 heavy (non-hydrogen) atoms. The van der Waals surface area contributed by atoms with Gasteiger partial charge in [0.1, 0.15) is 13.1 Å². The standard InChI is InChI=1S/C34H55N2O6/c37-31(33-19-25-13-26(20-33)15-27(14-25)21-33)36(32(38)34-22-28-16-29(23-34)18-30(17-28)24-34)3-7-41-11-9-39-5-1-35-2-6-40-10-12-42-8-4-36/h25-30,35H,1-24H2/q+1. The van der Waals surface area contributed by atoms with Crippen LogP contribution in [0.3, 0.4) is 0 Å². The lowest BCUT2D eigenvalue weighted by Crippen LogP contribution is -2.71. The van der Waals surface area contributed by atoms with Crippen LogP contribution in [0.4, 0.5) is 0 Å². The lowest BCUT2D eigenvalue weighted by atomic mass is 9.48. The third-order valence-electron chi connectivity index (χ3n) is 12.6. The number of amides is 2. The number of hydrogen-bond acceptors (Lipinski definition) is 7. The highest BCUT2D eigenvalue weighted by Gasteiger charge is 2.67. The van der Waals surface area contributed by atoms with Crippen LogP contribution in [0.1, 0.15) is 77.0 Å². The normalized spacial score (nSPS) is 44.4. The first-order chi connectivity index (χ1) is 20.5. The Kier molecular flexibility index (Phi) is 8.85. The maximum Gasteiger partial charge on any atom is 0.327 e. The van der Waals surface area contributed by atoms with E-state index < -0.39 is 0 Å². The van der Waals surface area contributed by atoms with Gasteiger partial charge in [-0.3, -0.25) is 0 Å². The van der Waals surface area contributed by atoms with Gasteiger partial charge in [0.25, 0.3) is 0 Å². The first kappa shape index (κ1) is 29.8. The number of rotatable bonds is 2. The molecule has 1 N–H and O–H groups in total. The third kappa shape index (κ3) is 5.78. The molecule has 9 fully saturated rings. The van der Waals surface area contributed by atoms with E-state index >= 15 is 9.59 Å². The monoisotopic (exact) mass is 587 g/mol. The largest absolute Gasteiger partial charge is 0.378 e. The van der Waals surface area contributed by atoms with Crippen molar-refractivity contribution >= 4 is 11.8 Å². The van der Waals surface area contributed by atoms with E-state index in [1.54, 1.807) is 0 Å². The van der Waals surface area contributed by atoms with Crippen LogP contribution in [-0.4, -0.2) is 95.3 Å². The summed E-state index contributed by atoms with van der Waals surface area (Å²) in [6.45, 7) is 6.49. The average Bonchev–Trinajstić information content (AvgIpc) is 2.95. The zero-order valence-electron chi connectivity index (χ0n) is 25.8. The zero-order valence-corrected chi connectivity index (χ0v) is 25.8. The minimum atomic E-state index is -0.344. The van der Waals surface area contributed by atoms with Crippen molar-refractivity contribution in [3.8, 4) is 0 Å². The van der Waals surface area contributed by atoms with E-state index in [4.69, 9.17) is 18.9 Å². The smallest absolute Gasteiger partial charge is 0.327 e. The molecule has 8 bridgehead atoms. The van der Waals surface area contributed by atoms with Crippen molar-refractivity contribution in [3.05, 3.63) is 0 Å². The summed E-state index contributed by atoms with van der Waals surface area (Å²) in [5.74, 6) is 4.43. The van der Waals surface area contributed by atoms with Gasteiger partial charge in [0.15, 0.2) is 0 Å². The van der Waals surface area contributed by atoms with Crippen molar-refractivity contribution in [2.45, 2.75) is 77.0 Å². The average molecular weight is 588 g/mol. The summed E-state index contributed by atoms with van der Waals surface area (Å²) in [4.78, 5) is 30.8. The Hall–Kier alpha value is -0.900. The van der Waals surface area contributed by atoms with E-state index in [9.17, 15) is 0 Å². The summed E-state index contributed by atoms with van der Waals surface area (Å²) in [5.41, 5.74) is -0.689.